The Morgan fingerprint density at radius 3 is 2.82 bits per heavy atom. The van der Waals surface area contributed by atoms with Gasteiger partial charge in [-0.25, -0.2) is 9.98 Å². The summed E-state index contributed by atoms with van der Waals surface area (Å²) in [5, 5.41) is 6.87. The number of halogens is 1. The van der Waals surface area contributed by atoms with Gasteiger partial charge in [0.25, 0.3) is 0 Å². The van der Waals surface area contributed by atoms with E-state index in [-0.39, 0.29) is 35.8 Å². The Morgan fingerprint density at radius 2 is 2.06 bits per heavy atom. The van der Waals surface area contributed by atoms with Gasteiger partial charge in [-0.15, -0.1) is 24.0 Å². The van der Waals surface area contributed by atoms with Crippen molar-refractivity contribution in [2.75, 3.05) is 44.2 Å². The van der Waals surface area contributed by atoms with E-state index in [1.165, 1.54) is 32.2 Å². The molecule has 3 heterocycles. The summed E-state index contributed by atoms with van der Waals surface area (Å²) in [6.45, 7) is 10.4. The van der Waals surface area contributed by atoms with E-state index >= 15 is 0 Å². The van der Waals surface area contributed by atoms with Gasteiger partial charge in [0, 0.05) is 50.5 Å². The van der Waals surface area contributed by atoms with Crippen LogP contribution in [0.4, 0.5) is 5.82 Å². The smallest absolute Gasteiger partial charge is 0.222 e. The molecule has 2 fully saturated rings. The Balaban J connectivity index is 0.00000385. The highest BCUT2D eigenvalue weighted by Gasteiger charge is 2.26. The Labute approximate surface area is 216 Å². The molecule has 2 saturated heterocycles. The molecule has 2 unspecified atom stereocenters. The van der Waals surface area contributed by atoms with Gasteiger partial charge < -0.3 is 21.3 Å². The minimum atomic E-state index is -0.220. The maximum absolute atomic E-state index is 11.7. The van der Waals surface area contributed by atoms with Crippen LogP contribution in [-0.4, -0.2) is 67.1 Å². The number of piperidine rings is 2. The van der Waals surface area contributed by atoms with E-state index in [2.05, 4.69) is 45.3 Å². The van der Waals surface area contributed by atoms with Gasteiger partial charge in [-0.05, 0) is 51.6 Å². The number of aliphatic imine (C=N–C) groups is 1. The van der Waals surface area contributed by atoms with Gasteiger partial charge in [-0.3, -0.25) is 9.69 Å². The summed E-state index contributed by atoms with van der Waals surface area (Å²) in [4.78, 5) is 25.9. The average molecular weight is 572 g/mol. The van der Waals surface area contributed by atoms with Crippen molar-refractivity contribution in [3.63, 3.8) is 0 Å². The third kappa shape index (κ3) is 8.27. The molecule has 2 atom stereocenters. The molecule has 0 spiro atoms. The van der Waals surface area contributed by atoms with Crippen molar-refractivity contribution in [1.29, 1.82) is 0 Å². The van der Waals surface area contributed by atoms with E-state index in [1.54, 1.807) is 0 Å². The minimum Gasteiger partial charge on any atom is -0.369 e. The van der Waals surface area contributed by atoms with E-state index in [0.717, 1.165) is 62.4 Å². The third-order valence-electron chi connectivity index (χ3n) is 6.65. The van der Waals surface area contributed by atoms with Gasteiger partial charge in [-0.1, -0.05) is 19.4 Å². The van der Waals surface area contributed by atoms with Crippen LogP contribution < -0.4 is 21.3 Å². The number of hydrogen-bond donors (Lipinski definition) is 3. The van der Waals surface area contributed by atoms with Crippen molar-refractivity contribution >= 4 is 41.7 Å². The Hall–Kier alpha value is -1.62. The van der Waals surface area contributed by atoms with Gasteiger partial charge in [0.15, 0.2) is 5.96 Å². The number of guanidine groups is 1. The van der Waals surface area contributed by atoms with Crippen LogP contribution in [0.25, 0.3) is 0 Å². The molecule has 2 aliphatic heterocycles. The molecule has 0 radical (unpaired) electrons. The number of nitrogens with zero attached hydrogens (tertiary/aromatic N) is 4. The Kier molecular flexibility index (Phi) is 12.2. The highest BCUT2D eigenvalue weighted by Crippen LogP contribution is 2.25. The summed E-state index contributed by atoms with van der Waals surface area (Å²) in [6.07, 6.45) is 8.83. The summed E-state index contributed by atoms with van der Waals surface area (Å²) in [7, 11) is 0. The van der Waals surface area contributed by atoms with Crippen LogP contribution in [0.15, 0.2) is 23.3 Å². The normalized spacial score (nSPS) is 21.9. The average Bonchev–Trinajstić information content (AvgIpc) is 2.83. The molecule has 186 valence electrons. The second kappa shape index (κ2) is 14.6. The molecule has 1 amide bonds. The lowest BCUT2D eigenvalue weighted by Gasteiger charge is -2.35. The fourth-order valence-electron chi connectivity index (χ4n) is 4.88. The van der Waals surface area contributed by atoms with E-state index in [4.69, 9.17) is 10.7 Å². The van der Waals surface area contributed by atoms with Crippen LogP contribution in [-0.2, 0) is 11.3 Å². The number of likely N-dealkylation sites (tertiary alicyclic amines) is 1. The topological polar surface area (TPSA) is 98.9 Å². The molecule has 1 aromatic heterocycles. The summed E-state index contributed by atoms with van der Waals surface area (Å²) in [5.74, 6) is 1.42. The third-order valence-corrected chi connectivity index (χ3v) is 6.65. The number of carbonyl (C=O) groups excluding carboxylic acids is 1. The first-order valence-electron chi connectivity index (χ1n) is 12.4. The van der Waals surface area contributed by atoms with Crippen LogP contribution in [0.3, 0.4) is 0 Å². The second-order valence-electron chi connectivity index (χ2n) is 8.89. The number of amides is 1. The summed E-state index contributed by atoms with van der Waals surface area (Å²) < 4.78 is 0. The molecule has 33 heavy (non-hydrogen) atoms. The number of nitrogens with two attached hydrogens (primary N) is 1. The number of nitrogens with one attached hydrogen (secondary N) is 2. The number of carbonyl (C=O) groups is 1. The molecule has 0 aromatic carbocycles. The van der Waals surface area contributed by atoms with Crippen LogP contribution in [0.2, 0.25) is 0 Å². The highest BCUT2D eigenvalue weighted by atomic mass is 127. The molecule has 0 bridgehead atoms. The maximum atomic E-state index is 11.7. The van der Waals surface area contributed by atoms with Crippen LogP contribution in [0.5, 0.6) is 0 Å². The van der Waals surface area contributed by atoms with E-state index in [0.29, 0.717) is 13.1 Å². The molecule has 9 heteroatoms. The van der Waals surface area contributed by atoms with Crippen molar-refractivity contribution in [2.24, 2.45) is 16.6 Å². The molecular weight excluding hydrogens is 529 g/mol. The number of anilines is 1. The van der Waals surface area contributed by atoms with Gasteiger partial charge in [0.05, 0.1) is 12.5 Å². The zero-order chi connectivity index (χ0) is 22.8. The van der Waals surface area contributed by atoms with E-state index < -0.39 is 0 Å². The number of pyridine rings is 1. The molecule has 0 aliphatic carbocycles. The Bertz CT molecular complexity index is 760. The Morgan fingerprint density at radius 1 is 1.21 bits per heavy atom. The predicted molar refractivity (Wildman–Crippen MR) is 146 cm³/mol. The van der Waals surface area contributed by atoms with Gasteiger partial charge in [-0.2, -0.15) is 0 Å². The largest absolute Gasteiger partial charge is 0.369 e. The van der Waals surface area contributed by atoms with Crippen molar-refractivity contribution in [3.8, 4) is 0 Å². The highest BCUT2D eigenvalue weighted by molar-refractivity contribution is 14.0. The first kappa shape index (κ1) is 27.6. The lowest BCUT2D eigenvalue weighted by molar-refractivity contribution is -0.122. The molecule has 8 nitrogen and oxygen atoms in total. The lowest BCUT2D eigenvalue weighted by atomic mass is 9.97. The first-order chi connectivity index (χ1) is 15.6. The lowest BCUT2D eigenvalue weighted by Crippen LogP contribution is -2.46. The molecule has 1 aromatic rings. The molecule has 4 N–H and O–H groups in total. The number of primary amides is 1. The maximum Gasteiger partial charge on any atom is 0.222 e. The summed E-state index contributed by atoms with van der Waals surface area (Å²) >= 11 is 0. The molecular formula is C24H42IN7O. The summed E-state index contributed by atoms with van der Waals surface area (Å²) in [5.41, 5.74) is 6.63. The standard InChI is InChI=1S/C24H41N7O.HI/c1-3-21-11-5-6-14-30(21)16-13-28-24(26-4-2)29-17-19-9-7-12-27-23(19)31-15-8-10-20(18-31)22(25)32;/h7,9,12,20-21H,3-6,8,10-11,13-18H2,1-2H3,(H2,25,32)(H2,26,28,29);1H. The van der Waals surface area contributed by atoms with Crippen molar-refractivity contribution < 1.29 is 4.79 Å². The first-order valence-corrected chi connectivity index (χ1v) is 12.4. The fraction of sp³-hybridized carbons (Fsp3) is 0.708. The quantitative estimate of drug-likeness (QED) is 0.240. The van der Waals surface area contributed by atoms with Gasteiger partial charge in [0.2, 0.25) is 5.91 Å². The number of aromatic nitrogens is 1. The molecule has 0 saturated carbocycles. The SMILES string of the molecule is CCNC(=NCc1cccnc1N1CCCC(C(N)=O)C1)NCCN1CCCCC1CC.I. The number of rotatable bonds is 9. The van der Waals surface area contributed by atoms with E-state index in [9.17, 15) is 4.79 Å². The van der Waals surface area contributed by atoms with Crippen molar-refractivity contribution in [2.45, 2.75) is 65.0 Å². The van der Waals surface area contributed by atoms with Crippen LogP contribution >= 0.6 is 24.0 Å². The fourth-order valence-corrected chi connectivity index (χ4v) is 4.88. The van der Waals surface area contributed by atoms with Crippen LogP contribution in [0.1, 0.15) is 57.9 Å². The minimum absolute atomic E-state index is 0. The monoisotopic (exact) mass is 571 g/mol. The zero-order valence-electron chi connectivity index (χ0n) is 20.3. The zero-order valence-corrected chi connectivity index (χ0v) is 22.6. The second-order valence-corrected chi connectivity index (χ2v) is 8.89. The summed E-state index contributed by atoms with van der Waals surface area (Å²) in [6, 6.07) is 4.74. The van der Waals surface area contributed by atoms with Crippen molar-refractivity contribution in [1.82, 2.24) is 20.5 Å². The van der Waals surface area contributed by atoms with Gasteiger partial charge in [0.1, 0.15) is 5.82 Å². The number of hydrogen-bond acceptors (Lipinski definition) is 5. The molecule has 3 rings (SSSR count). The van der Waals surface area contributed by atoms with E-state index in [1.807, 2.05) is 12.3 Å². The predicted octanol–water partition coefficient (Wildman–Crippen LogP) is 2.72. The van der Waals surface area contributed by atoms with Crippen molar-refractivity contribution in [3.05, 3.63) is 23.9 Å². The molecule has 2 aliphatic rings. The van der Waals surface area contributed by atoms with Crippen LogP contribution in [0, 0.1) is 5.92 Å². The van der Waals surface area contributed by atoms with Gasteiger partial charge >= 0.3 is 0 Å².